The maximum atomic E-state index is 13.0. The fourth-order valence-electron chi connectivity index (χ4n) is 3.47. The van der Waals surface area contributed by atoms with Crippen molar-refractivity contribution in [2.45, 2.75) is 45.6 Å². The van der Waals surface area contributed by atoms with E-state index >= 15 is 0 Å². The summed E-state index contributed by atoms with van der Waals surface area (Å²) in [6.45, 7) is 7.54. The van der Waals surface area contributed by atoms with E-state index < -0.39 is 23.4 Å². The second-order valence-corrected chi connectivity index (χ2v) is 7.70. The summed E-state index contributed by atoms with van der Waals surface area (Å²) >= 11 is 0. The van der Waals surface area contributed by atoms with Gasteiger partial charge in [-0.1, -0.05) is 63.2 Å². The van der Waals surface area contributed by atoms with E-state index in [0.29, 0.717) is 23.7 Å². The van der Waals surface area contributed by atoms with Crippen molar-refractivity contribution in [2.75, 3.05) is 6.61 Å². The number of nitrogens with zero attached hydrogens (tertiary/aromatic N) is 1. The number of hydrazine groups is 1. The molecule has 7 nitrogen and oxygen atoms in total. The van der Waals surface area contributed by atoms with Gasteiger partial charge in [0.15, 0.2) is 6.61 Å². The predicted molar refractivity (Wildman–Crippen MR) is 113 cm³/mol. The van der Waals surface area contributed by atoms with Crippen molar-refractivity contribution in [1.29, 1.82) is 0 Å². The summed E-state index contributed by atoms with van der Waals surface area (Å²) < 4.78 is 5.65. The lowest BCUT2D eigenvalue weighted by Crippen LogP contribution is -2.49. The maximum absolute atomic E-state index is 13.0. The van der Waals surface area contributed by atoms with Crippen LogP contribution in [0.25, 0.3) is 0 Å². The van der Waals surface area contributed by atoms with Gasteiger partial charge >= 0.3 is 6.03 Å². The van der Waals surface area contributed by atoms with Crippen LogP contribution < -0.4 is 15.5 Å². The average Bonchev–Trinajstić information content (AvgIpc) is 2.98. The molecule has 2 N–H and O–H groups in total. The first-order valence-corrected chi connectivity index (χ1v) is 10.0. The Morgan fingerprint density at radius 1 is 1.17 bits per heavy atom. The summed E-state index contributed by atoms with van der Waals surface area (Å²) in [5, 5.41) is 3.46. The number of ether oxygens (including phenoxy) is 1. The molecule has 0 radical (unpaired) electrons. The molecule has 4 amide bonds. The van der Waals surface area contributed by atoms with Crippen LogP contribution in [0.1, 0.15) is 49.8 Å². The highest BCUT2D eigenvalue weighted by Crippen LogP contribution is 2.31. The molecule has 1 aliphatic heterocycles. The summed E-state index contributed by atoms with van der Waals surface area (Å²) in [5.74, 6) is -0.186. The quantitative estimate of drug-likeness (QED) is 0.686. The van der Waals surface area contributed by atoms with E-state index in [-0.39, 0.29) is 6.61 Å². The van der Waals surface area contributed by atoms with E-state index in [1.54, 1.807) is 24.3 Å². The molecule has 1 unspecified atom stereocenters. The topological polar surface area (TPSA) is 87.7 Å². The van der Waals surface area contributed by atoms with Crippen LogP contribution in [0.3, 0.4) is 0 Å². The molecule has 0 spiro atoms. The molecule has 0 aliphatic carbocycles. The van der Waals surface area contributed by atoms with Gasteiger partial charge in [-0.15, -0.1) is 0 Å². The number of carbonyl (C=O) groups is 3. The van der Waals surface area contributed by atoms with Gasteiger partial charge in [0.25, 0.3) is 11.8 Å². The van der Waals surface area contributed by atoms with E-state index in [9.17, 15) is 14.4 Å². The predicted octanol–water partition coefficient (Wildman–Crippen LogP) is 3.39. The molecule has 3 rings (SSSR count). The van der Waals surface area contributed by atoms with Crippen molar-refractivity contribution >= 4 is 17.8 Å². The number of nitrogens with one attached hydrogen (secondary N) is 2. The summed E-state index contributed by atoms with van der Waals surface area (Å²) in [6.07, 6.45) is 0.353. The Kier molecular flexibility index (Phi) is 6.10. The van der Waals surface area contributed by atoms with Gasteiger partial charge in [0, 0.05) is 0 Å². The van der Waals surface area contributed by atoms with Gasteiger partial charge in [0.2, 0.25) is 0 Å². The van der Waals surface area contributed by atoms with Crippen molar-refractivity contribution in [3.05, 3.63) is 65.2 Å². The number of hydrogen-bond donors (Lipinski definition) is 2. The molecule has 0 saturated carbocycles. The van der Waals surface area contributed by atoms with Gasteiger partial charge in [0.05, 0.1) is 0 Å². The zero-order chi connectivity index (χ0) is 21.9. The molecule has 158 valence electrons. The van der Waals surface area contributed by atoms with Gasteiger partial charge in [-0.05, 0) is 42.0 Å². The third-order valence-corrected chi connectivity index (χ3v) is 5.36. The Labute approximate surface area is 176 Å². The molecular formula is C23H27N3O4. The van der Waals surface area contributed by atoms with Crippen LogP contribution in [0.15, 0.2) is 48.5 Å². The van der Waals surface area contributed by atoms with Crippen molar-refractivity contribution in [3.63, 3.8) is 0 Å². The summed E-state index contributed by atoms with van der Waals surface area (Å²) in [7, 11) is 0. The van der Waals surface area contributed by atoms with E-state index in [1.807, 2.05) is 38.1 Å². The molecule has 2 aromatic carbocycles. The summed E-state index contributed by atoms with van der Waals surface area (Å²) in [6, 6.07) is 14.2. The van der Waals surface area contributed by atoms with Crippen LogP contribution in [0.4, 0.5) is 4.79 Å². The fourth-order valence-corrected chi connectivity index (χ4v) is 3.47. The Hall–Kier alpha value is -3.35. The Morgan fingerprint density at radius 3 is 2.50 bits per heavy atom. The number of benzene rings is 2. The molecule has 2 aromatic rings. The third kappa shape index (κ3) is 4.01. The lowest BCUT2D eigenvalue weighted by molar-refractivity contribution is -0.140. The number of urea groups is 1. The normalized spacial score (nSPS) is 18.5. The second-order valence-electron chi connectivity index (χ2n) is 7.70. The lowest BCUT2D eigenvalue weighted by atomic mass is 9.87. The van der Waals surface area contributed by atoms with Crippen LogP contribution in [-0.4, -0.2) is 29.5 Å². The average molecular weight is 409 g/mol. The van der Waals surface area contributed by atoms with E-state index in [4.69, 9.17) is 4.74 Å². The Bertz CT molecular complexity index is 958. The highest BCUT2D eigenvalue weighted by atomic mass is 16.5. The first-order chi connectivity index (χ1) is 14.3. The van der Waals surface area contributed by atoms with E-state index in [0.717, 1.165) is 16.1 Å². The van der Waals surface area contributed by atoms with Gasteiger partial charge < -0.3 is 10.1 Å². The van der Waals surface area contributed by atoms with Gasteiger partial charge in [0.1, 0.15) is 11.3 Å². The van der Waals surface area contributed by atoms with E-state index in [2.05, 4.69) is 24.6 Å². The standard InChI is InChI=1S/C23H27N3O4/c1-5-23(18-9-7-6-8-10-18)21(28)26(22(29)24-23)25-20(27)14-30-19-13-17(15(2)3)12-11-16(19)4/h6-13,15H,5,14H2,1-4H3,(H,24,29)(H,25,27). The molecule has 0 bridgehead atoms. The van der Waals surface area contributed by atoms with Crippen LogP contribution in [0.2, 0.25) is 0 Å². The minimum atomic E-state index is -1.20. The van der Waals surface area contributed by atoms with E-state index in [1.165, 1.54) is 0 Å². The third-order valence-electron chi connectivity index (χ3n) is 5.36. The van der Waals surface area contributed by atoms with Crippen molar-refractivity contribution in [3.8, 4) is 5.75 Å². The molecule has 1 fully saturated rings. The Balaban J connectivity index is 1.69. The lowest BCUT2D eigenvalue weighted by Gasteiger charge is -2.25. The minimum Gasteiger partial charge on any atom is -0.483 e. The zero-order valence-electron chi connectivity index (χ0n) is 17.7. The number of hydrogen-bond acceptors (Lipinski definition) is 4. The number of aryl methyl sites for hydroxylation is 1. The zero-order valence-corrected chi connectivity index (χ0v) is 17.7. The number of rotatable bonds is 7. The molecule has 1 aliphatic rings. The summed E-state index contributed by atoms with van der Waals surface area (Å²) in [4.78, 5) is 37.9. The summed E-state index contributed by atoms with van der Waals surface area (Å²) in [5.41, 5.74) is 3.84. The smallest absolute Gasteiger partial charge is 0.344 e. The molecule has 1 saturated heterocycles. The molecule has 7 heteroatoms. The molecule has 0 aromatic heterocycles. The highest BCUT2D eigenvalue weighted by molar-refractivity contribution is 6.08. The minimum absolute atomic E-state index is 0.316. The van der Waals surface area contributed by atoms with Crippen molar-refractivity contribution in [2.24, 2.45) is 0 Å². The fraction of sp³-hybridized carbons (Fsp3) is 0.348. The van der Waals surface area contributed by atoms with Crippen LogP contribution in [0.5, 0.6) is 5.75 Å². The van der Waals surface area contributed by atoms with Gasteiger partial charge in [-0.2, -0.15) is 5.01 Å². The molecule has 1 heterocycles. The number of amides is 4. The first kappa shape index (κ1) is 21.4. The van der Waals surface area contributed by atoms with Gasteiger partial charge in [-0.25, -0.2) is 4.79 Å². The first-order valence-electron chi connectivity index (χ1n) is 10.0. The maximum Gasteiger partial charge on any atom is 0.344 e. The monoisotopic (exact) mass is 409 g/mol. The highest BCUT2D eigenvalue weighted by Gasteiger charge is 2.52. The van der Waals surface area contributed by atoms with Crippen molar-refractivity contribution in [1.82, 2.24) is 15.8 Å². The molecular weight excluding hydrogens is 382 g/mol. The van der Waals surface area contributed by atoms with Crippen LogP contribution in [-0.2, 0) is 15.1 Å². The Morgan fingerprint density at radius 2 is 1.87 bits per heavy atom. The van der Waals surface area contributed by atoms with Crippen LogP contribution in [0, 0.1) is 6.92 Å². The van der Waals surface area contributed by atoms with Crippen molar-refractivity contribution < 1.29 is 19.1 Å². The SMILES string of the molecule is CCC1(c2ccccc2)NC(=O)N(NC(=O)COc2cc(C(C)C)ccc2C)C1=O. The molecule has 30 heavy (non-hydrogen) atoms. The van der Waals surface area contributed by atoms with Gasteiger partial charge in [-0.3, -0.25) is 15.0 Å². The number of imide groups is 1. The second kappa shape index (κ2) is 8.57. The molecule has 1 atom stereocenters. The largest absolute Gasteiger partial charge is 0.483 e. The van der Waals surface area contributed by atoms with Crippen LogP contribution >= 0.6 is 0 Å². The number of carbonyl (C=O) groups excluding carboxylic acids is 3.